The summed E-state index contributed by atoms with van der Waals surface area (Å²) in [7, 11) is 0. The lowest BCUT2D eigenvalue weighted by Crippen LogP contribution is -2.46. The van der Waals surface area contributed by atoms with Crippen molar-refractivity contribution < 1.29 is 4.74 Å². The van der Waals surface area contributed by atoms with Gasteiger partial charge in [-0.25, -0.2) is 0 Å². The molecule has 0 saturated carbocycles. The summed E-state index contributed by atoms with van der Waals surface area (Å²) in [6.45, 7) is 6.91. The minimum absolute atomic E-state index is 0.263. The van der Waals surface area contributed by atoms with Crippen LogP contribution in [0.1, 0.15) is 38.4 Å². The molecule has 2 heterocycles. The molecule has 0 spiro atoms. The normalized spacial score (nSPS) is 32.4. The van der Waals surface area contributed by atoms with Gasteiger partial charge in [0.1, 0.15) is 6.23 Å². The molecule has 0 radical (unpaired) electrons. The van der Waals surface area contributed by atoms with Crippen molar-refractivity contribution in [2.45, 2.75) is 39.0 Å². The lowest BCUT2D eigenvalue weighted by molar-refractivity contribution is -0.0977. The quantitative estimate of drug-likeness (QED) is 0.736. The van der Waals surface area contributed by atoms with Gasteiger partial charge in [-0.05, 0) is 18.4 Å². The van der Waals surface area contributed by atoms with Gasteiger partial charge in [-0.1, -0.05) is 44.2 Å². The van der Waals surface area contributed by atoms with Crippen molar-refractivity contribution in [3.05, 3.63) is 35.9 Å². The molecule has 3 rings (SSSR count). The Morgan fingerprint density at radius 2 is 2.00 bits per heavy atom. The van der Waals surface area contributed by atoms with Crippen molar-refractivity contribution in [1.29, 1.82) is 0 Å². The second-order valence-electron chi connectivity index (χ2n) is 5.97. The maximum atomic E-state index is 6.29. The fourth-order valence-electron chi connectivity index (χ4n) is 3.19. The SMILES string of the molecule is CC1(C)CCCN2C[C@H](c3ccccc3)O[C@@H]21. The van der Waals surface area contributed by atoms with E-state index in [1.807, 2.05) is 0 Å². The van der Waals surface area contributed by atoms with E-state index in [1.165, 1.54) is 24.9 Å². The third-order valence-electron chi connectivity index (χ3n) is 4.13. The van der Waals surface area contributed by atoms with Gasteiger partial charge in [0, 0.05) is 18.5 Å². The molecule has 2 nitrogen and oxygen atoms in total. The van der Waals surface area contributed by atoms with E-state index in [-0.39, 0.29) is 6.10 Å². The fraction of sp³-hybridized carbons (Fsp3) is 0.600. The highest BCUT2D eigenvalue weighted by atomic mass is 16.5. The molecule has 2 aliphatic heterocycles. The Balaban J connectivity index is 1.81. The standard InChI is InChI=1S/C15H21NO/c1-15(2)9-6-10-16-11-13(17-14(15)16)12-7-4-3-5-8-12/h3-5,7-8,13-14H,6,9-11H2,1-2H3/t13-,14-/m1/s1. The fourth-order valence-corrected chi connectivity index (χ4v) is 3.19. The average Bonchev–Trinajstić information content (AvgIpc) is 2.75. The van der Waals surface area contributed by atoms with Crippen LogP contribution in [0.4, 0.5) is 0 Å². The predicted molar refractivity (Wildman–Crippen MR) is 68.6 cm³/mol. The Kier molecular flexibility index (Phi) is 2.72. The van der Waals surface area contributed by atoms with Crippen molar-refractivity contribution in [3.63, 3.8) is 0 Å². The summed E-state index contributed by atoms with van der Waals surface area (Å²) in [5.41, 5.74) is 1.61. The molecule has 1 aromatic carbocycles. The molecule has 0 bridgehead atoms. The van der Waals surface area contributed by atoms with E-state index >= 15 is 0 Å². The van der Waals surface area contributed by atoms with E-state index < -0.39 is 0 Å². The summed E-state index contributed by atoms with van der Waals surface area (Å²) in [6.07, 6.45) is 3.14. The van der Waals surface area contributed by atoms with Crippen LogP contribution in [0.25, 0.3) is 0 Å². The predicted octanol–water partition coefficient (Wildman–Crippen LogP) is 3.21. The highest BCUT2D eigenvalue weighted by Gasteiger charge is 2.44. The summed E-state index contributed by atoms with van der Waals surface area (Å²) in [6, 6.07) is 10.6. The minimum Gasteiger partial charge on any atom is -0.353 e. The van der Waals surface area contributed by atoms with Gasteiger partial charge in [-0.15, -0.1) is 0 Å². The van der Waals surface area contributed by atoms with Crippen molar-refractivity contribution in [2.75, 3.05) is 13.1 Å². The van der Waals surface area contributed by atoms with Gasteiger partial charge in [0.2, 0.25) is 0 Å². The van der Waals surface area contributed by atoms with Gasteiger partial charge in [0.25, 0.3) is 0 Å². The maximum absolute atomic E-state index is 6.29. The lowest BCUT2D eigenvalue weighted by atomic mass is 9.82. The summed E-state index contributed by atoms with van der Waals surface area (Å²) >= 11 is 0. The molecule has 0 amide bonds. The molecule has 0 unspecified atom stereocenters. The van der Waals surface area contributed by atoms with Gasteiger partial charge in [0.15, 0.2) is 0 Å². The number of benzene rings is 1. The van der Waals surface area contributed by atoms with Crippen LogP contribution >= 0.6 is 0 Å². The zero-order chi connectivity index (χ0) is 11.9. The van der Waals surface area contributed by atoms with E-state index in [4.69, 9.17) is 4.74 Å². The van der Waals surface area contributed by atoms with Crippen molar-refractivity contribution >= 4 is 0 Å². The smallest absolute Gasteiger partial charge is 0.116 e. The second-order valence-corrected chi connectivity index (χ2v) is 5.97. The second kappa shape index (κ2) is 4.11. The lowest BCUT2D eigenvalue weighted by Gasteiger charge is -2.41. The molecule has 0 aliphatic carbocycles. The highest BCUT2D eigenvalue weighted by Crippen LogP contribution is 2.43. The number of fused-ring (bicyclic) bond motifs is 1. The number of piperidine rings is 1. The molecule has 2 fully saturated rings. The van der Waals surface area contributed by atoms with Crippen LogP contribution in [0.2, 0.25) is 0 Å². The van der Waals surface area contributed by atoms with E-state index in [0.717, 1.165) is 6.54 Å². The number of nitrogens with zero attached hydrogens (tertiary/aromatic N) is 1. The number of rotatable bonds is 1. The van der Waals surface area contributed by atoms with Crippen LogP contribution < -0.4 is 0 Å². The average molecular weight is 231 g/mol. The van der Waals surface area contributed by atoms with Crippen molar-refractivity contribution in [3.8, 4) is 0 Å². The van der Waals surface area contributed by atoms with Gasteiger partial charge in [-0.3, -0.25) is 4.90 Å². The van der Waals surface area contributed by atoms with Crippen LogP contribution in [-0.4, -0.2) is 24.2 Å². The zero-order valence-corrected chi connectivity index (χ0v) is 10.7. The largest absolute Gasteiger partial charge is 0.353 e. The maximum Gasteiger partial charge on any atom is 0.116 e. The van der Waals surface area contributed by atoms with Gasteiger partial charge < -0.3 is 4.74 Å². The van der Waals surface area contributed by atoms with E-state index in [2.05, 4.69) is 49.1 Å². The molecule has 2 saturated heterocycles. The molecule has 2 atom stereocenters. The Morgan fingerprint density at radius 1 is 1.24 bits per heavy atom. The monoisotopic (exact) mass is 231 g/mol. The summed E-state index contributed by atoms with van der Waals surface area (Å²) in [5.74, 6) is 0. The number of ether oxygens (including phenoxy) is 1. The molecule has 2 aliphatic rings. The molecule has 0 aromatic heterocycles. The minimum atomic E-state index is 0.263. The zero-order valence-electron chi connectivity index (χ0n) is 10.7. The number of hydrogen-bond acceptors (Lipinski definition) is 2. The summed E-state index contributed by atoms with van der Waals surface area (Å²) in [5, 5.41) is 0. The topological polar surface area (TPSA) is 12.5 Å². The highest BCUT2D eigenvalue weighted by molar-refractivity contribution is 5.19. The number of hydrogen-bond donors (Lipinski definition) is 0. The first-order valence-electron chi connectivity index (χ1n) is 6.61. The molecule has 1 aromatic rings. The third kappa shape index (κ3) is 2.00. The first-order valence-corrected chi connectivity index (χ1v) is 6.61. The summed E-state index contributed by atoms with van der Waals surface area (Å²) in [4.78, 5) is 2.52. The van der Waals surface area contributed by atoms with Crippen LogP contribution in [0.5, 0.6) is 0 Å². The first-order chi connectivity index (χ1) is 8.17. The van der Waals surface area contributed by atoms with Crippen LogP contribution in [0.3, 0.4) is 0 Å². The Morgan fingerprint density at radius 3 is 2.71 bits per heavy atom. The van der Waals surface area contributed by atoms with Crippen molar-refractivity contribution in [1.82, 2.24) is 4.90 Å². The molecule has 17 heavy (non-hydrogen) atoms. The van der Waals surface area contributed by atoms with Crippen LogP contribution in [-0.2, 0) is 4.74 Å². The molecule has 92 valence electrons. The Hall–Kier alpha value is -0.860. The van der Waals surface area contributed by atoms with E-state index in [1.54, 1.807) is 0 Å². The van der Waals surface area contributed by atoms with Gasteiger partial charge in [0.05, 0.1) is 6.10 Å². The van der Waals surface area contributed by atoms with Gasteiger partial charge in [-0.2, -0.15) is 0 Å². The molecule has 0 N–H and O–H groups in total. The molecule has 2 heteroatoms. The van der Waals surface area contributed by atoms with Crippen LogP contribution in [0, 0.1) is 5.41 Å². The first kappa shape index (κ1) is 11.2. The third-order valence-corrected chi connectivity index (χ3v) is 4.13. The molecular formula is C15H21NO. The summed E-state index contributed by atoms with van der Waals surface area (Å²) < 4.78 is 6.29. The Labute approximate surface area is 104 Å². The molecular weight excluding hydrogens is 210 g/mol. The van der Waals surface area contributed by atoms with E-state index in [0.29, 0.717) is 11.6 Å². The van der Waals surface area contributed by atoms with E-state index in [9.17, 15) is 0 Å². The van der Waals surface area contributed by atoms with Gasteiger partial charge >= 0.3 is 0 Å². The van der Waals surface area contributed by atoms with Crippen molar-refractivity contribution in [2.24, 2.45) is 5.41 Å². The Bertz CT molecular complexity index is 387. The van der Waals surface area contributed by atoms with Crippen LogP contribution in [0.15, 0.2) is 30.3 Å².